The molecule has 0 aromatic carbocycles. The summed E-state index contributed by atoms with van der Waals surface area (Å²) >= 11 is 7.06. The molecule has 0 aliphatic carbocycles. The van der Waals surface area contributed by atoms with E-state index in [0.29, 0.717) is 0 Å². The normalized spacial score (nSPS) is 11.3. The summed E-state index contributed by atoms with van der Waals surface area (Å²) in [6.45, 7) is 1.52. The molecule has 64 valence electrons. The first-order valence-corrected chi connectivity index (χ1v) is 4.51. The molecule has 8 heteroatoms. The van der Waals surface area contributed by atoms with E-state index in [1.54, 1.807) is 0 Å². The third-order valence-corrected chi connectivity index (χ3v) is 3.92. The van der Waals surface area contributed by atoms with Crippen LogP contribution in [0.1, 0.15) is 13.3 Å². The Balaban J connectivity index is -0.000000320. The second-order valence-electron chi connectivity index (χ2n) is 1.55. The molecule has 11 heavy (non-hydrogen) atoms. The third-order valence-electron chi connectivity index (χ3n) is 0.861. The molecule has 0 heterocycles. The number of rotatable bonds is 2. The molecule has 0 unspecified atom stereocenters. The Labute approximate surface area is 99.3 Å². The summed E-state index contributed by atoms with van der Waals surface area (Å²) in [5.74, 6) is 0. The van der Waals surface area contributed by atoms with Gasteiger partial charge in [0.15, 0.2) is 0 Å². The average Bonchev–Trinajstić information content (AvgIpc) is 1.64. The molecule has 0 radical (unpaired) electrons. The first-order chi connectivity index (χ1) is 3.81. The molecule has 0 spiro atoms. The summed E-state index contributed by atoms with van der Waals surface area (Å²) in [4.78, 5) is 0. The molecule has 0 atom stereocenters. The quantitative estimate of drug-likeness (QED) is 0.224. The van der Waals surface area contributed by atoms with E-state index in [4.69, 9.17) is 0 Å². The largest absolute Gasteiger partial charge is 1.00 e. The molecule has 0 aromatic heterocycles. The van der Waals surface area contributed by atoms with Crippen molar-refractivity contribution in [1.29, 1.82) is 0 Å². The summed E-state index contributed by atoms with van der Waals surface area (Å²) in [5, 5.41) is 0. The van der Waals surface area contributed by atoms with Crippen LogP contribution in [0.25, 0.3) is 0 Å². The SMILES string of the molecule is CCC(S)(S)S(=O)(=O)[O-].O.[Na+]. The van der Waals surface area contributed by atoms with Crippen molar-refractivity contribution in [3.63, 3.8) is 0 Å². The molecule has 0 fully saturated rings. The molecule has 0 saturated carbocycles. The number of thiol groups is 2. The second-order valence-corrected chi connectivity index (χ2v) is 5.64. The maximum Gasteiger partial charge on any atom is 1.00 e. The van der Waals surface area contributed by atoms with E-state index in [9.17, 15) is 13.0 Å². The molecular weight excluding hydrogens is 219 g/mol. The molecule has 0 aliphatic heterocycles. The fourth-order valence-corrected chi connectivity index (χ4v) is 0.530. The minimum Gasteiger partial charge on any atom is -0.746 e. The molecule has 0 amide bonds. The van der Waals surface area contributed by atoms with Gasteiger partial charge >= 0.3 is 29.6 Å². The monoisotopic (exact) mass is 228 g/mol. The van der Waals surface area contributed by atoms with E-state index in [-0.39, 0.29) is 41.5 Å². The van der Waals surface area contributed by atoms with Crippen LogP contribution in [0, 0.1) is 0 Å². The molecular formula is C3H9NaO4S3. The average molecular weight is 228 g/mol. The van der Waals surface area contributed by atoms with Crippen molar-refractivity contribution in [1.82, 2.24) is 0 Å². The topological polar surface area (TPSA) is 88.7 Å². The molecule has 4 nitrogen and oxygen atoms in total. The van der Waals surface area contributed by atoms with Crippen LogP contribution in [0.4, 0.5) is 0 Å². The minimum absolute atomic E-state index is 0. The van der Waals surface area contributed by atoms with Gasteiger partial charge in [0.05, 0.1) is 0 Å². The van der Waals surface area contributed by atoms with Crippen molar-refractivity contribution in [3.05, 3.63) is 0 Å². The Morgan fingerprint density at radius 3 is 1.73 bits per heavy atom. The maximum absolute atomic E-state index is 10.2. The van der Waals surface area contributed by atoms with Crippen molar-refractivity contribution in [3.8, 4) is 0 Å². The summed E-state index contributed by atoms with van der Waals surface area (Å²) < 4.78 is 28.8. The molecule has 0 bridgehead atoms. The van der Waals surface area contributed by atoms with Crippen molar-refractivity contribution in [2.24, 2.45) is 0 Å². The maximum atomic E-state index is 10.2. The van der Waals surface area contributed by atoms with Gasteiger partial charge in [-0.1, -0.05) is 6.92 Å². The molecule has 0 aliphatic rings. The van der Waals surface area contributed by atoms with Gasteiger partial charge in [-0.05, 0) is 6.42 Å². The van der Waals surface area contributed by atoms with Gasteiger partial charge in [-0.15, -0.1) is 25.3 Å². The third kappa shape index (κ3) is 5.75. The number of hydrogen-bond donors (Lipinski definition) is 2. The number of hydrogen-bond acceptors (Lipinski definition) is 5. The van der Waals surface area contributed by atoms with E-state index >= 15 is 0 Å². The smallest absolute Gasteiger partial charge is 0.746 e. The van der Waals surface area contributed by atoms with Crippen LogP contribution >= 0.6 is 25.3 Å². The standard InChI is InChI=1S/C3H8O3S3.Na.H2O/c1-2-3(7,8)9(4,5)6;;/h7-8H,2H2,1H3,(H,4,5,6);;1H2/q;+1;/p-1. The van der Waals surface area contributed by atoms with Crippen molar-refractivity contribution >= 4 is 35.4 Å². The van der Waals surface area contributed by atoms with E-state index in [1.807, 2.05) is 0 Å². The fraction of sp³-hybridized carbons (Fsp3) is 1.00. The van der Waals surface area contributed by atoms with Gasteiger partial charge in [-0.2, -0.15) is 0 Å². The Morgan fingerprint density at radius 2 is 1.73 bits per heavy atom. The van der Waals surface area contributed by atoms with Gasteiger partial charge in [0.1, 0.15) is 13.5 Å². The van der Waals surface area contributed by atoms with Gasteiger partial charge in [-0.25, -0.2) is 8.42 Å². The first-order valence-electron chi connectivity index (χ1n) is 2.21. The second kappa shape index (κ2) is 6.09. The summed E-state index contributed by atoms with van der Waals surface area (Å²) in [5.41, 5.74) is 0. The Hall–Kier alpha value is 1.57. The molecule has 0 aromatic rings. The predicted molar refractivity (Wildman–Crippen MR) is 44.3 cm³/mol. The fourth-order valence-electron chi connectivity index (χ4n) is 0.177. The predicted octanol–water partition coefficient (Wildman–Crippen LogP) is -3.37. The van der Waals surface area contributed by atoms with E-state index in [1.165, 1.54) is 6.92 Å². The van der Waals surface area contributed by atoms with Gasteiger partial charge < -0.3 is 10.0 Å². The van der Waals surface area contributed by atoms with Crippen LogP contribution < -0.4 is 29.6 Å². The van der Waals surface area contributed by atoms with Crippen LogP contribution in [0.5, 0.6) is 0 Å². The van der Waals surface area contributed by atoms with Gasteiger partial charge in [0, 0.05) is 0 Å². The van der Waals surface area contributed by atoms with Crippen LogP contribution in [-0.2, 0) is 10.1 Å². The van der Waals surface area contributed by atoms with Crippen molar-refractivity contribution < 1.29 is 48.0 Å². The molecule has 0 rings (SSSR count). The first kappa shape index (κ1) is 18.4. The van der Waals surface area contributed by atoms with Crippen molar-refractivity contribution in [2.75, 3.05) is 0 Å². The van der Waals surface area contributed by atoms with Crippen LogP contribution in [-0.4, -0.2) is 21.9 Å². The summed E-state index contributed by atoms with van der Waals surface area (Å²) in [6.07, 6.45) is 0.0883. The zero-order chi connectivity index (χ0) is 7.71. The van der Waals surface area contributed by atoms with E-state index in [0.717, 1.165) is 0 Å². The Bertz CT molecular complexity index is 187. The minimum atomic E-state index is -4.37. The summed E-state index contributed by atoms with van der Waals surface area (Å²) in [7, 11) is -4.37. The van der Waals surface area contributed by atoms with Crippen molar-refractivity contribution in [2.45, 2.75) is 16.8 Å². The van der Waals surface area contributed by atoms with E-state index < -0.39 is 13.5 Å². The van der Waals surface area contributed by atoms with Crippen LogP contribution in [0.3, 0.4) is 0 Å². The van der Waals surface area contributed by atoms with Gasteiger partial charge in [0.2, 0.25) is 0 Å². The Morgan fingerprint density at radius 1 is 1.45 bits per heavy atom. The molecule has 2 N–H and O–H groups in total. The molecule has 0 saturated heterocycles. The van der Waals surface area contributed by atoms with Gasteiger partial charge in [0.25, 0.3) is 0 Å². The van der Waals surface area contributed by atoms with Crippen LogP contribution in [0.15, 0.2) is 0 Å². The van der Waals surface area contributed by atoms with E-state index in [2.05, 4.69) is 25.3 Å². The summed E-state index contributed by atoms with van der Waals surface area (Å²) in [6, 6.07) is 0. The van der Waals surface area contributed by atoms with Crippen LogP contribution in [0.2, 0.25) is 0 Å². The Kier molecular flexibility index (Phi) is 10.2. The zero-order valence-electron chi connectivity index (χ0n) is 6.23. The van der Waals surface area contributed by atoms with Gasteiger partial charge in [-0.3, -0.25) is 0 Å². The zero-order valence-corrected chi connectivity index (χ0v) is 10.8.